The van der Waals surface area contributed by atoms with Crippen LogP contribution in [0.1, 0.15) is 10.4 Å². The summed E-state index contributed by atoms with van der Waals surface area (Å²) >= 11 is 0. The van der Waals surface area contributed by atoms with Crippen LogP contribution in [-0.4, -0.2) is 20.0 Å². The van der Waals surface area contributed by atoms with Crippen molar-refractivity contribution in [1.82, 2.24) is 14.1 Å². The number of aromatic amines is 1. The minimum absolute atomic E-state index is 0.00415. The van der Waals surface area contributed by atoms with Crippen molar-refractivity contribution in [3.63, 3.8) is 0 Å². The van der Waals surface area contributed by atoms with Gasteiger partial charge in [-0.15, -0.1) is 0 Å². The molecule has 2 N–H and O–H groups in total. The Morgan fingerprint density at radius 2 is 1.71 bits per heavy atom. The summed E-state index contributed by atoms with van der Waals surface area (Å²) in [7, 11) is 1.59. The third-order valence-electron chi connectivity index (χ3n) is 4.40. The molecule has 0 bridgehead atoms. The summed E-state index contributed by atoms with van der Waals surface area (Å²) in [6.07, 6.45) is 1.42. The first-order chi connectivity index (χ1) is 13.5. The molecular weight excluding hydrogens is 363 g/mol. The molecule has 4 rings (SSSR count). The fourth-order valence-corrected chi connectivity index (χ4v) is 3.11. The highest BCUT2D eigenvalue weighted by molar-refractivity contribution is 6.11. The van der Waals surface area contributed by atoms with Crippen molar-refractivity contribution in [1.29, 1.82) is 0 Å². The standard InChI is InChI=1S/C20H15FN4O3/c1-24-11-13(18(26)22-15-10-6-5-9-14(15)21)16-17(24)19(27)25(20(28)23-16)12-7-3-2-4-8-12/h2-11H,1H3,(H,22,26)(H,23,28). The van der Waals surface area contributed by atoms with E-state index in [1.54, 1.807) is 43.4 Å². The number of anilines is 1. The van der Waals surface area contributed by atoms with E-state index in [4.69, 9.17) is 0 Å². The quantitative estimate of drug-likeness (QED) is 0.574. The first-order valence-electron chi connectivity index (χ1n) is 8.43. The molecular formula is C20H15FN4O3. The summed E-state index contributed by atoms with van der Waals surface area (Å²) in [6.45, 7) is 0. The molecule has 0 aliphatic carbocycles. The Kier molecular flexibility index (Phi) is 4.15. The molecule has 140 valence electrons. The van der Waals surface area contributed by atoms with Crippen LogP contribution in [0.25, 0.3) is 16.7 Å². The number of nitrogens with one attached hydrogen (secondary N) is 2. The molecule has 28 heavy (non-hydrogen) atoms. The van der Waals surface area contributed by atoms with E-state index in [2.05, 4.69) is 10.3 Å². The normalized spacial score (nSPS) is 10.9. The number of fused-ring (bicyclic) bond motifs is 1. The van der Waals surface area contributed by atoms with Gasteiger partial charge in [0.15, 0.2) is 0 Å². The molecule has 4 aromatic rings. The van der Waals surface area contributed by atoms with Crippen molar-refractivity contribution in [3.05, 3.63) is 93.0 Å². The van der Waals surface area contributed by atoms with Gasteiger partial charge < -0.3 is 14.9 Å². The predicted molar refractivity (Wildman–Crippen MR) is 103 cm³/mol. The molecule has 2 heterocycles. The van der Waals surface area contributed by atoms with Gasteiger partial charge in [-0.05, 0) is 24.3 Å². The third kappa shape index (κ3) is 2.81. The zero-order valence-corrected chi connectivity index (χ0v) is 14.8. The van der Waals surface area contributed by atoms with Gasteiger partial charge in [0.05, 0.1) is 22.5 Å². The van der Waals surface area contributed by atoms with Gasteiger partial charge in [0.1, 0.15) is 11.3 Å². The second-order valence-corrected chi connectivity index (χ2v) is 6.22. The van der Waals surface area contributed by atoms with Gasteiger partial charge >= 0.3 is 5.69 Å². The molecule has 2 aromatic heterocycles. The maximum Gasteiger partial charge on any atom is 0.333 e. The van der Waals surface area contributed by atoms with Crippen LogP contribution in [0.15, 0.2) is 70.4 Å². The molecule has 8 heteroatoms. The smallest absolute Gasteiger partial charge is 0.333 e. The summed E-state index contributed by atoms with van der Waals surface area (Å²) in [4.78, 5) is 40.8. The van der Waals surface area contributed by atoms with Crippen LogP contribution in [0.2, 0.25) is 0 Å². The number of aromatic nitrogens is 3. The fraction of sp³-hybridized carbons (Fsp3) is 0.0500. The first kappa shape index (κ1) is 17.5. The second-order valence-electron chi connectivity index (χ2n) is 6.22. The molecule has 0 saturated carbocycles. The van der Waals surface area contributed by atoms with Crippen LogP contribution in [0.4, 0.5) is 10.1 Å². The predicted octanol–water partition coefficient (Wildman–Crippen LogP) is 2.41. The van der Waals surface area contributed by atoms with Gasteiger partial charge in [0, 0.05) is 13.2 Å². The molecule has 0 spiro atoms. The number of carbonyl (C=O) groups excluding carboxylic acids is 1. The zero-order valence-electron chi connectivity index (χ0n) is 14.8. The number of hydrogen-bond acceptors (Lipinski definition) is 3. The van der Waals surface area contributed by atoms with Gasteiger partial charge in [-0.25, -0.2) is 13.8 Å². The Balaban J connectivity index is 1.87. The number of rotatable bonds is 3. The Hall–Kier alpha value is -3.94. The van der Waals surface area contributed by atoms with Crippen LogP contribution in [0, 0.1) is 5.82 Å². The minimum atomic E-state index is -0.671. The number of hydrogen-bond donors (Lipinski definition) is 2. The van der Waals surface area contributed by atoms with Gasteiger partial charge in [-0.3, -0.25) is 9.59 Å². The number of para-hydroxylation sites is 2. The number of halogens is 1. The molecule has 0 aliphatic heterocycles. The second kappa shape index (κ2) is 6.66. The van der Waals surface area contributed by atoms with E-state index >= 15 is 0 Å². The van der Waals surface area contributed by atoms with Crippen molar-refractivity contribution in [2.24, 2.45) is 7.05 Å². The van der Waals surface area contributed by atoms with Crippen molar-refractivity contribution in [2.45, 2.75) is 0 Å². The molecule has 0 aliphatic rings. The van der Waals surface area contributed by atoms with Crippen molar-refractivity contribution in [3.8, 4) is 5.69 Å². The van der Waals surface area contributed by atoms with Crippen LogP contribution >= 0.6 is 0 Å². The average molecular weight is 378 g/mol. The summed E-state index contributed by atoms with van der Waals surface area (Å²) in [5, 5.41) is 2.46. The number of benzene rings is 2. The first-order valence-corrected chi connectivity index (χ1v) is 8.43. The molecule has 0 saturated heterocycles. The van der Waals surface area contributed by atoms with E-state index in [1.807, 2.05) is 0 Å². The lowest BCUT2D eigenvalue weighted by Crippen LogP contribution is -2.34. The monoisotopic (exact) mass is 378 g/mol. The lowest BCUT2D eigenvalue weighted by molar-refractivity contribution is 0.102. The van der Waals surface area contributed by atoms with Crippen LogP contribution in [-0.2, 0) is 7.05 Å². The Morgan fingerprint density at radius 1 is 1.04 bits per heavy atom. The molecule has 0 unspecified atom stereocenters. The third-order valence-corrected chi connectivity index (χ3v) is 4.40. The number of nitrogens with zero attached hydrogens (tertiary/aromatic N) is 2. The van der Waals surface area contributed by atoms with Gasteiger partial charge in [-0.2, -0.15) is 0 Å². The van der Waals surface area contributed by atoms with E-state index in [0.29, 0.717) is 5.69 Å². The SMILES string of the molecule is Cn1cc(C(=O)Nc2ccccc2F)c2[nH]c(=O)n(-c3ccccc3)c(=O)c21. The highest BCUT2D eigenvalue weighted by atomic mass is 19.1. The average Bonchev–Trinajstić information content (AvgIpc) is 3.01. The van der Waals surface area contributed by atoms with Crippen molar-refractivity contribution < 1.29 is 9.18 Å². The molecule has 0 fully saturated rings. The van der Waals surface area contributed by atoms with Gasteiger partial charge in [-0.1, -0.05) is 30.3 Å². The van der Waals surface area contributed by atoms with Crippen molar-refractivity contribution in [2.75, 3.05) is 5.32 Å². The van der Waals surface area contributed by atoms with E-state index in [9.17, 15) is 18.8 Å². The van der Waals surface area contributed by atoms with E-state index in [-0.39, 0.29) is 22.3 Å². The maximum absolute atomic E-state index is 13.8. The summed E-state index contributed by atoms with van der Waals surface area (Å²) in [5.74, 6) is -1.22. The Bertz CT molecular complexity index is 1320. The Morgan fingerprint density at radius 3 is 2.43 bits per heavy atom. The summed E-state index contributed by atoms with van der Waals surface area (Å²) in [6, 6.07) is 14.2. The van der Waals surface area contributed by atoms with E-state index in [1.165, 1.54) is 29.0 Å². The molecule has 2 aromatic carbocycles. The number of H-pyrrole nitrogens is 1. The largest absolute Gasteiger partial charge is 0.344 e. The maximum atomic E-state index is 13.8. The number of aryl methyl sites for hydroxylation is 1. The number of amides is 1. The van der Waals surface area contributed by atoms with E-state index in [0.717, 1.165) is 4.57 Å². The van der Waals surface area contributed by atoms with Crippen LogP contribution in [0.5, 0.6) is 0 Å². The summed E-state index contributed by atoms with van der Waals surface area (Å²) < 4.78 is 16.3. The number of carbonyl (C=O) groups is 1. The highest BCUT2D eigenvalue weighted by Crippen LogP contribution is 2.18. The fourth-order valence-electron chi connectivity index (χ4n) is 3.11. The Labute approximate surface area is 157 Å². The topological polar surface area (TPSA) is 88.9 Å². The van der Waals surface area contributed by atoms with Crippen molar-refractivity contribution >= 4 is 22.6 Å². The van der Waals surface area contributed by atoms with Crippen LogP contribution in [0.3, 0.4) is 0 Å². The molecule has 1 amide bonds. The van der Waals surface area contributed by atoms with Gasteiger partial charge in [0.25, 0.3) is 11.5 Å². The van der Waals surface area contributed by atoms with Gasteiger partial charge in [0.2, 0.25) is 0 Å². The molecule has 0 radical (unpaired) electrons. The van der Waals surface area contributed by atoms with Crippen LogP contribution < -0.4 is 16.6 Å². The molecule has 0 atom stereocenters. The highest BCUT2D eigenvalue weighted by Gasteiger charge is 2.20. The van der Waals surface area contributed by atoms with E-state index < -0.39 is 23.0 Å². The minimum Gasteiger partial charge on any atom is -0.344 e. The molecule has 7 nitrogen and oxygen atoms in total. The summed E-state index contributed by atoms with van der Waals surface area (Å²) in [5.41, 5.74) is -0.498. The lowest BCUT2D eigenvalue weighted by Gasteiger charge is -2.07. The lowest BCUT2D eigenvalue weighted by atomic mass is 10.2. The zero-order chi connectivity index (χ0) is 19.8.